The molecule has 0 aliphatic heterocycles. The van der Waals surface area contributed by atoms with E-state index in [4.69, 9.17) is 9.15 Å². The van der Waals surface area contributed by atoms with Gasteiger partial charge >= 0.3 is 5.63 Å². The maximum atomic E-state index is 12.2. The second-order valence-corrected chi connectivity index (χ2v) is 5.33. The van der Waals surface area contributed by atoms with E-state index in [-0.39, 0.29) is 11.7 Å². The average molecular weight is 284 g/mol. The summed E-state index contributed by atoms with van der Waals surface area (Å²) < 4.78 is 10.7. The number of hydrogen-bond acceptors (Lipinski definition) is 4. The van der Waals surface area contributed by atoms with E-state index < -0.39 is 5.63 Å². The van der Waals surface area contributed by atoms with E-state index >= 15 is 0 Å². The van der Waals surface area contributed by atoms with Crippen molar-refractivity contribution in [3.05, 3.63) is 46.3 Å². The highest BCUT2D eigenvalue weighted by atomic mass is 16.5. The number of aromatic hydroxyl groups is 1. The molecule has 0 spiro atoms. The molecule has 108 valence electrons. The first-order valence-electron chi connectivity index (χ1n) is 6.79. The molecule has 1 aromatic heterocycles. The summed E-state index contributed by atoms with van der Waals surface area (Å²) in [5, 5.41) is 12.1. The lowest BCUT2D eigenvalue weighted by Gasteiger charge is -2.12. The van der Waals surface area contributed by atoms with Crippen LogP contribution in [-0.2, 0) is 0 Å². The standard InChI is InChI=1S/C17H16O4/c1-9(2)15-14(18)7-6-11-13-8-10(20-3)4-5-12(13)17(19)21-16(11)15/h4-9,18H,1-3H3. The molecule has 0 atom stereocenters. The van der Waals surface area contributed by atoms with Crippen LogP contribution in [0.3, 0.4) is 0 Å². The van der Waals surface area contributed by atoms with Gasteiger partial charge in [0.25, 0.3) is 0 Å². The van der Waals surface area contributed by atoms with Crippen LogP contribution in [0.1, 0.15) is 25.3 Å². The first-order valence-corrected chi connectivity index (χ1v) is 6.79. The molecular weight excluding hydrogens is 268 g/mol. The van der Waals surface area contributed by atoms with Gasteiger partial charge in [0.1, 0.15) is 17.1 Å². The first kappa shape index (κ1) is 13.5. The highest BCUT2D eigenvalue weighted by molar-refractivity contribution is 6.06. The number of ether oxygens (including phenoxy) is 1. The Labute approximate surface area is 121 Å². The second kappa shape index (κ2) is 4.81. The molecule has 0 aliphatic carbocycles. The first-order chi connectivity index (χ1) is 10.0. The van der Waals surface area contributed by atoms with Gasteiger partial charge in [-0.15, -0.1) is 0 Å². The fourth-order valence-corrected chi connectivity index (χ4v) is 2.67. The SMILES string of the molecule is COc1ccc2c(=O)oc3c(C(C)C)c(O)ccc3c2c1. The monoisotopic (exact) mass is 284 g/mol. The van der Waals surface area contributed by atoms with Crippen molar-refractivity contribution in [2.75, 3.05) is 7.11 Å². The smallest absolute Gasteiger partial charge is 0.344 e. The van der Waals surface area contributed by atoms with Crippen LogP contribution in [0.2, 0.25) is 0 Å². The van der Waals surface area contributed by atoms with Crippen molar-refractivity contribution < 1.29 is 14.3 Å². The van der Waals surface area contributed by atoms with E-state index in [9.17, 15) is 9.90 Å². The van der Waals surface area contributed by atoms with Gasteiger partial charge in [-0.3, -0.25) is 0 Å². The molecule has 0 fully saturated rings. The quantitative estimate of drug-likeness (QED) is 0.574. The molecule has 0 unspecified atom stereocenters. The molecule has 1 heterocycles. The van der Waals surface area contributed by atoms with Gasteiger partial charge < -0.3 is 14.3 Å². The molecule has 0 saturated heterocycles. The van der Waals surface area contributed by atoms with Crippen LogP contribution in [0.5, 0.6) is 11.5 Å². The topological polar surface area (TPSA) is 59.7 Å². The van der Waals surface area contributed by atoms with Crippen LogP contribution in [0.15, 0.2) is 39.5 Å². The van der Waals surface area contributed by atoms with Gasteiger partial charge in [0.2, 0.25) is 0 Å². The highest BCUT2D eigenvalue weighted by Gasteiger charge is 2.16. The molecule has 0 aliphatic rings. The lowest BCUT2D eigenvalue weighted by atomic mass is 9.97. The molecule has 3 rings (SSSR count). The Balaban J connectivity index is 2.55. The average Bonchev–Trinajstić information content (AvgIpc) is 2.46. The van der Waals surface area contributed by atoms with E-state index in [0.29, 0.717) is 22.3 Å². The molecule has 2 aromatic carbocycles. The third-order valence-electron chi connectivity index (χ3n) is 3.68. The maximum Gasteiger partial charge on any atom is 0.344 e. The summed E-state index contributed by atoms with van der Waals surface area (Å²) in [7, 11) is 1.58. The van der Waals surface area contributed by atoms with Crippen molar-refractivity contribution in [2.45, 2.75) is 19.8 Å². The predicted molar refractivity (Wildman–Crippen MR) is 82.3 cm³/mol. The van der Waals surface area contributed by atoms with Crippen LogP contribution in [0.25, 0.3) is 21.7 Å². The van der Waals surface area contributed by atoms with Gasteiger partial charge in [-0.1, -0.05) is 13.8 Å². The minimum absolute atomic E-state index is 0.0416. The van der Waals surface area contributed by atoms with E-state index in [0.717, 1.165) is 10.8 Å². The second-order valence-electron chi connectivity index (χ2n) is 5.33. The molecular formula is C17H16O4. The summed E-state index contributed by atoms with van der Waals surface area (Å²) in [6.07, 6.45) is 0. The van der Waals surface area contributed by atoms with Gasteiger partial charge in [0.15, 0.2) is 0 Å². The largest absolute Gasteiger partial charge is 0.508 e. The summed E-state index contributed by atoms with van der Waals surface area (Å²) in [4.78, 5) is 12.2. The molecule has 0 bridgehead atoms. The van der Waals surface area contributed by atoms with Crippen LogP contribution in [-0.4, -0.2) is 12.2 Å². The number of phenolic OH excluding ortho intramolecular Hbond substituents is 1. The van der Waals surface area contributed by atoms with Crippen molar-refractivity contribution in [1.29, 1.82) is 0 Å². The van der Waals surface area contributed by atoms with Gasteiger partial charge in [-0.2, -0.15) is 0 Å². The fourth-order valence-electron chi connectivity index (χ4n) is 2.67. The normalized spacial score (nSPS) is 11.4. The third-order valence-corrected chi connectivity index (χ3v) is 3.68. The number of phenols is 1. The minimum atomic E-state index is -0.410. The minimum Gasteiger partial charge on any atom is -0.508 e. The number of methoxy groups -OCH3 is 1. The predicted octanol–water partition coefficient (Wildman–Crippen LogP) is 3.78. The van der Waals surface area contributed by atoms with Crippen molar-refractivity contribution in [1.82, 2.24) is 0 Å². The van der Waals surface area contributed by atoms with E-state index in [1.807, 2.05) is 19.9 Å². The maximum absolute atomic E-state index is 12.2. The fraction of sp³-hybridized carbons (Fsp3) is 0.235. The molecule has 0 radical (unpaired) electrons. The molecule has 0 saturated carbocycles. The summed E-state index contributed by atoms with van der Waals surface area (Å²) in [6, 6.07) is 8.64. The van der Waals surface area contributed by atoms with Gasteiger partial charge in [-0.25, -0.2) is 4.79 Å². The summed E-state index contributed by atoms with van der Waals surface area (Å²) in [6.45, 7) is 3.90. The molecule has 21 heavy (non-hydrogen) atoms. The Morgan fingerprint density at radius 3 is 2.48 bits per heavy atom. The Hall–Kier alpha value is -2.49. The lowest BCUT2D eigenvalue weighted by Crippen LogP contribution is -2.02. The number of rotatable bonds is 2. The van der Waals surface area contributed by atoms with Crippen molar-refractivity contribution in [2.24, 2.45) is 0 Å². The van der Waals surface area contributed by atoms with Crippen LogP contribution in [0, 0.1) is 0 Å². The van der Waals surface area contributed by atoms with Gasteiger partial charge in [0, 0.05) is 16.3 Å². The Kier molecular flexibility index (Phi) is 3.09. The molecule has 3 aromatic rings. The van der Waals surface area contributed by atoms with Crippen molar-refractivity contribution in [3.8, 4) is 11.5 Å². The Bertz CT molecular complexity index is 891. The van der Waals surface area contributed by atoms with E-state index in [1.54, 1.807) is 31.4 Å². The van der Waals surface area contributed by atoms with Gasteiger partial charge in [-0.05, 0) is 36.2 Å². The molecule has 4 nitrogen and oxygen atoms in total. The lowest BCUT2D eigenvalue weighted by molar-refractivity contribution is 0.415. The zero-order valence-electron chi connectivity index (χ0n) is 12.1. The molecule has 4 heteroatoms. The van der Waals surface area contributed by atoms with Crippen LogP contribution in [0.4, 0.5) is 0 Å². The van der Waals surface area contributed by atoms with Crippen LogP contribution >= 0.6 is 0 Å². The summed E-state index contributed by atoms with van der Waals surface area (Å²) in [5.74, 6) is 0.858. The molecule has 0 amide bonds. The van der Waals surface area contributed by atoms with Crippen LogP contribution < -0.4 is 10.4 Å². The number of fused-ring (bicyclic) bond motifs is 3. The highest BCUT2D eigenvalue weighted by Crippen LogP contribution is 2.36. The number of hydrogen-bond donors (Lipinski definition) is 1. The third kappa shape index (κ3) is 2.03. The Morgan fingerprint density at radius 1 is 1.10 bits per heavy atom. The number of benzene rings is 2. The summed E-state index contributed by atoms with van der Waals surface area (Å²) >= 11 is 0. The van der Waals surface area contributed by atoms with E-state index in [1.165, 1.54) is 0 Å². The zero-order valence-corrected chi connectivity index (χ0v) is 12.1. The van der Waals surface area contributed by atoms with Gasteiger partial charge in [0.05, 0.1) is 12.5 Å². The summed E-state index contributed by atoms with van der Waals surface area (Å²) in [5.41, 5.74) is 0.678. The van der Waals surface area contributed by atoms with E-state index in [2.05, 4.69) is 0 Å². The zero-order chi connectivity index (χ0) is 15.1. The Morgan fingerprint density at radius 2 is 1.81 bits per heavy atom. The van der Waals surface area contributed by atoms with Crippen molar-refractivity contribution in [3.63, 3.8) is 0 Å². The van der Waals surface area contributed by atoms with Crippen molar-refractivity contribution >= 4 is 21.7 Å². The molecule has 1 N–H and O–H groups in total.